The van der Waals surface area contributed by atoms with E-state index < -0.39 is 0 Å². The van der Waals surface area contributed by atoms with Gasteiger partial charge in [-0.2, -0.15) is 0 Å². The van der Waals surface area contributed by atoms with Crippen LogP contribution in [0, 0.1) is 0 Å². The normalized spacial score (nSPS) is 9.83. The van der Waals surface area contributed by atoms with E-state index in [9.17, 15) is 0 Å². The van der Waals surface area contributed by atoms with Gasteiger partial charge in [-0.15, -0.1) is 0 Å². The first-order chi connectivity index (χ1) is 5.88. The van der Waals surface area contributed by atoms with Gasteiger partial charge in [0.2, 0.25) is 0 Å². The summed E-state index contributed by atoms with van der Waals surface area (Å²) in [5.41, 5.74) is 2.35. The summed E-state index contributed by atoms with van der Waals surface area (Å²) in [5, 5.41) is 6.38. The Labute approximate surface area is 73.2 Å². The Morgan fingerprint density at radius 2 is 2.33 bits per heavy atom. The van der Waals surface area contributed by atoms with Gasteiger partial charge in [0.05, 0.1) is 0 Å². The second-order valence-electron chi connectivity index (χ2n) is 2.56. The van der Waals surface area contributed by atoms with Crippen molar-refractivity contribution in [3.8, 4) is 0 Å². The molecule has 0 unspecified atom stereocenters. The summed E-state index contributed by atoms with van der Waals surface area (Å²) in [6.45, 7) is 3.95. The molecule has 0 saturated carbocycles. The van der Waals surface area contributed by atoms with Crippen molar-refractivity contribution in [1.29, 1.82) is 0 Å². The van der Waals surface area contributed by atoms with Crippen LogP contribution in [0.1, 0.15) is 12.5 Å². The second kappa shape index (κ2) is 4.72. The van der Waals surface area contributed by atoms with Crippen molar-refractivity contribution in [2.75, 3.05) is 18.9 Å². The van der Waals surface area contributed by atoms with Crippen molar-refractivity contribution in [2.45, 2.75) is 13.5 Å². The van der Waals surface area contributed by atoms with E-state index in [1.54, 1.807) is 6.20 Å². The number of nitrogens with one attached hydrogen (secondary N) is 2. The molecular weight excluding hydrogens is 150 g/mol. The van der Waals surface area contributed by atoms with Crippen LogP contribution in [-0.4, -0.2) is 18.6 Å². The summed E-state index contributed by atoms with van der Waals surface area (Å²) in [4.78, 5) is 4.07. The summed E-state index contributed by atoms with van der Waals surface area (Å²) >= 11 is 0. The van der Waals surface area contributed by atoms with E-state index in [1.165, 1.54) is 5.56 Å². The largest absolute Gasteiger partial charge is 0.388 e. The van der Waals surface area contributed by atoms with Crippen LogP contribution in [0.2, 0.25) is 0 Å². The van der Waals surface area contributed by atoms with Crippen LogP contribution < -0.4 is 10.6 Å². The molecular formula is C9H15N3. The van der Waals surface area contributed by atoms with Crippen LogP contribution in [0.5, 0.6) is 0 Å². The van der Waals surface area contributed by atoms with Crippen LogP contribution in [0.15, 0.2) is 18.5 Å². The van der Waals surface area contributed by atoms with Crippen molar-refractivity contribution < 1.29 is 0 Å². The Balaban J connectivity index is 2.68. The van der Waals surface area contributed by atoms with E-state index in [4.69, 9.17) is 0 Å². The molecule has 66 valence electrons. The Hall–Kier alpha value is -1.09. The fourth-order valence-electron chi connectivity index (χ4n) is 1.07. The molecule has 0 aliphatic carbocycles. The highest BCUT2D eigenvalue weighted by molar-refractivity contribution is 5.48. The van der Waals surface area contributed by atoms with E-state index in [0.717, 1.165) is 18.8 Å². The topological polar surface area (TPSA) is 37.0 Å². The molecule has 1 rings (SSSR count). The van der Waals surface area contributed by atoms with Crippen LogP contribution in [-0.2, 0) is 6.54 Å². The maximum atomic E-state index is 4.07. The van der Waals surface area contributed by atoms with Gasteiger partial charge in [-0.05, 0) is 12.6 Å². The number of hydrogen-bond donors (Lipinski definition) is 2. The fourth-order valence-corrected chi connectivity index (χ4v) is 1.07. The molecule has 0 aliphatic rings. The molecule has 0 spiro atoms. The first kappa shape index (κ1) is 9.00. The van der Waals surface area contributed by atoms with Gasteiger partial charge in [0.15, 0.2) is 0 Å². The summed E-state index contributed by atoms with van der Waals surface area (Å²) in [6.07, 6.45) is 3.68. The van der Waals surface area contributed by atoms with Gasteiger partial charge in [0.1, 0.15) is 0 Å². The van der Waals surface area contributed by atoms with Gasteiger partial charge < -0.3 is 10.6 Å². The van der Waals surface area contributed by atoms with E-state index in [1.807, 2.05) is 19.3 Å². The number of aromatic nitrogens is 1. The van der Waals surface area contributed by atoms with Gasteiger partial charge in [0.25, 0.3) is 0 Å². The molecule has 1 heterocycles. The maximum Gasteiger partial charge on any atom is 0.0414 e. The number of rotatable bonds is 4. The Kier molecular flexibility index (Phi) is 3.54. The SMILES string of the molecule is CCNCc1cnccc1NC. The Morgan fingerprint density at radius 1 is 1.50 bits per heavy atom. The van der Waals surface area contributed by atoms with Crippen molar-refractivity contribution in [3.63, 3.8) is 0 Å². The third-order valence-electron chi connectivity index (χ3n) is 1.74. The minimum atomic E-state index is 0.876. The summed E-state index contributed by atoms with van der Waals surface area (Å²) in [6, 6.07) is 1.98. The highest BCUT2D eigenvalue weighted by Gasteiger charge is 1.97. The molecule has 2 N–H and O–H groups in total. The molecule has 1 aromatic heterocycles. The van der Waals surface area contributed by atoms with Crippen molar-refractivity contribution in [1.82, 2.24) is 10.3 Å². The molecule has 12 heavy (non-hydrogen) atoms. The Bertz CT molecular complexity index is 235. The predicted octanol–water partition coefficient (Wildman–Crippen LogP) is 1.23. The third kappa shape index (κ3) is 2.20. The monoisotopic (exact) mass is 165 g/mol. The number of hydrogen-bond acceptors (Lipinski definition) is 3. The van der Waals surface area contributed by atoms with Gasteiger partial charge in [0, 0.05) is 37.2 Å². The number of pyridine rings is 1. The van der Waals surface area contributed by atoms with Crippen molar-refractivity contribution in [2.24, 2.45) is 0 Å². The molecule has 0 bridgehead atoms. The van der Waals surface area contributed by atoms with Gasteiger partial charge in [-0.25, -0.2) is 0 Å². The molecule has 0 radical (unpaired) electrons. The van der Waals surface area contributed by atoms with Gasteiger partial charge >= 0.3 is 0 Å². The standard InChI is InChI=1S/C9H15N3/c1-3-11-6-8-7-12-5-4-9(8)10-2/h4-5,7,11H,3,6H2,1-2H3,(H,10,12). The minimum Gasteiger partial charge on any atom is -0.388 e. The zero-order chi connectivity index (χ0) is 8.81. The lowest BCUT2D eigenvalue weighted by Crippen LogP contribution is -2.13. The highest BCUT2D eigenvalue weighted by Crippen LogP contribution is 2.11. The molecule has 1 aromatic rings. The zero-order valence-electron chi connectivity index (χ0n) is 7.59. The first-order valence-corrected chi connectivity index (χ1v) is 4.19. The minimum absolute atomic E-state index is 0.876. The van der Waals surface area contributed by atoms with Crippen LogP contribution in [0.25, 0.3) is 0 Å². The lowest BCUT2D eigenvalue weighted by atomic mass is 10.2. The van der Waals surface area contributed by atoms with E-state index in [-0.39, 0.29) is 0 Å². The Morgan fingerprint density at radius 3 is 3.00 bits per heavy atom. The number of nitrogens with zero attached hydrogens (tertiary/aromatic N) is 1. The van der Waals surface area contributed by atoms with Gasteiger partial charge in [-0.1, -0.05) is 6.92 Å². The highest BCUT2D eigenvalue weighted by atomic mass is 14.9. The fraction of sp³-hybridized carbons (Fsp3) is 0.444. The summed E-state index contributed by atoms with van der Waals surface area (Å²) < 4.78 is 0. The van der Waals surface area contributed by atoms with E-state index >= 15 is 0 Å². The molecule has 3 heteroatoms. The summed E-state index contributed by atoms with van der Waals surface area (Å²) in [5.74, 6) is 0. The summed E-state index contributed by atoms with van der Waals surface area (Å²) in [7, 11) is 1.92. The third-order valence-corrected chi connectivity index (χ3v) is 1.74. The van der Waals surface area contributed by atoms with Crippen LogP contribution in [0.4, 0.5) is 5.69 Å². The molecule has 0 amide bonds. The first-order valence-electron chi connectivity index (χ1n) is 4.19. The molecule has 0 atom stereocenters. The van der Waals surface area contributed by atoms with E-state index in [0.29, 0.717) is 0 Å². The van der Waals surface area contributed by atoms with Crippen molar-refractivity contribution in [3.05, 3.63) is 24.0 Å². The zero-order valence-corrected chi connectivity index (χ0v) is 7.59. The smallest absolute Gasteiger partial charge is 0.0414 e. The molecule has 0 aliphatic heterocycles. The van der Waals surface area contributed by atoms with E-state index in [2.05, 4.69) is 22.5 Å². The van der Waals surface area contributed by atoms with Crippen LogP contribution >= 0.6 is 0 Å². The second-order valence-corrected chi connectivity index (χ2v) is 2.56. The quantitative estimate of drug-likeness (QED) is 0.704. The maximum absolute atomic E-state index is 4.07. The predicted molar refractivity (Wildman–Crippen MR) is 51.2 cm³/mol. The average molecular weight is 165 g/mol. The van der Waals surface area contributed by atoms with Gasteiger partial charge in [-0.3, -0.25) is 4.98 Å². The molecule has 3 nitrogen and oxygen atoms in total. The molecule has 0 fully saturated rings. The number of anilines is 1. The molecule has 0 aromatic carbocycles. The average Bonchev–Trinajstić information content (AvgIpc) is 2.15. The lowest BCUT2D eigenvalue weighted by Gasteiger charge is -2.07. The molecule has 0 saturated heterocycles. The van der Waals surface area contributed by atoms with Crippen molar-refractivity contribution >= 4 is 5.69 Å². The lowest BCUT2D eigenvalue weighted by molar-refractivity contribution is 0.725. The van der Waals surface area contributed by atoms with Crippen LogP contribution in [0.3, 0.4) is 0 Å².